The summed E-state index contributed by atoms with van der Waals surface area (Å²) in [5.74, 6) is 0.156. The number of rotatable bonds is 3. The van der Waals surface area contributed by atoms with Crippen LogP contribution in [0.15, 0.2) is 23.6 Å². The van der Waals surface area contributed by atoms with Crippen LogP contribution in [0.3, 0.4) is 0 Å². The molecule has 3 heterocycles. The van der Waals surface area contributed by atoms with Gasteiger partial charge in [-0.05, 0) is 18.5 Å². The second-order valence-corrected chi connectivity index (χ2v) is 5.96. The fourth-order valence-corrected chi connectivity index (χ4v) is 2.92. The van der Waals surface area contributed by atoms with Crippen LogP contribution in [0.4, 0.5) is 5.82 Å². The number of thiophene rings is 1. The predicted molar refractivity (Wildman–Crippen MR) is 82.0 cm³/mol. The summed E-state index contributed by atoms with van der Waals surface area (Å²) in [6.45, 7) is 3.58. The van der Waals surface area contributed by atoms with Gasteiger partial charge in [0.25, 0.3) is 0 Å². The summed E-state index contributed by atoms with van der Waals surface area (Å²) in [4.78, 5) is 25.2. The molecule has 3 rings (SSSR count). The van der Waals surface area contributed by atoms with Crippen molar-refractivity contribution in [2.45, 2.75) is 0 Å². The highest BCUT2D eigenvalue weighted by Crippen LogP contribution is 2.24. The number of hydrogen-bond donors (Lipinski definition) is 1. The van der Waals surface area contributed by atoms with Crippen molar-refractivity contribution >= 4 is 23.1 Å². The zero-order valence-electron chi connectivity index (χ0n) is 11.7. The van der Waals surface area contributed by atoms with E-state index in [-0.39, 0.29) is 5.69 Å². The number of piperazine rings is 1. The van der Waals surface area contributed by atoms with Gasteiger partial charge in [-0.3, -0.25) is 0 Å². The summed E-state index contributed by atoms with van der Waals surface area (Å²) >= 11 is 1.51. The Morgan fingerprint density at radius 2 is 2.05 bits per heavy atom. The van der Waals surface area contributed by atoms with Gasteiger partial charge in [0, 0.05) is 32.2 Å². The first kappa shape index (κ1) is 14.0. The Hall–Kier alpha value is -1.99. The van der Waals surface area contributed by atoms with Crippen LogP contribution in [0.5, 0.6) is 0 Å². The number of aromatic nitrogens is 2. The zero-order chi connectivity index (χ0) is 14.8. The summed E-state index contributed by atoms with van der Waals surface area (Å²) in [6.07, 6.45) is 0. The second kappa shape index (κ2) is 5.79. The van der Waals surface area contributed by atoms with Crippen LogP contribution in [0.2, 0.25) is 0 Å². The summed E-state index contributed by atoms with van der Waals surface area (Å²) in [5, 5.41) is 11.2. The van der Waals surface area contributed by atoms with E-state index >= 15 is 0 Å². The number of carbonyl (C=O) groups is 1. The molecule has 21 heavy (non-hydrogen) atoms. The van der Waals surface area contributed by atoms with Crippen LogP contribution < -0.4 is 4.90 Å². The molecule has 1 N–H and O–H groups in total. The Morgan fingerprint density at radius 1 is 1.29 bits per heavy atom. The van der Waals surface area contributed by atoms with Gasteiger partial charge in [0.1, 0.15) is 5.82 Å². The van der Waals surface area contributed by atoms with Gasteiger partial charge in [0.2, 0.25) is 0 Å². The fraction of sp³-hybridized carbons (Fsp3) is 0.357. The molecule has 110 valence electrons. The van der Waals surface area contributed by atoms with Crippen LogP contribution in [0, 0.1) is 0 Å². The molecule has 0 unspecified atom stereocenters. The summed E-state index contributed by atoms with van der Waals surface area (Å²) in [7, 11) is 2.08. The summed E-state index contributed by atoms with van der Waals surface area (Å²) in [5.41, 5.74) is 0.0438. The molecule has 6 nitrogen and oxygen atoms in total. The molecular formula is C14H16N4O2S. The lowest BCUT2D eigenvalue weighted by molar-refractivity contribution is 0.0690. The van der Waals surface area contributed by atoms with Crippen LogP contribution in [-0.4, -0.2) is 59.2 Å². The standard InChI is InChI=1S/C14H16N4O2S/c1-17-4-6-18(7-5-17)12-9-10(14(19)20)15-13(16-12)11-3-2-8-21-11/h2-3,8-9H,4-7H2,1H3,(H,19,20). The predicted octanol–water partition coefficient (Wildman–Crippen LogP) is 1.66. The lowest BCUT2D eigenvalue weighted by Gasteiger charge is -2.33. The maximum absolute atomic E-state index is 11.3. The molecule has 0 spiro atoms. The van der Waals surface area contributed by atoms with E-state index in [4.69, 9.17) is 0 Å². The maximum atomic E-state index is 11.3. The highest BCUT2D eigenvalue weighted by atomic mass is 32.1. The van der Waals surface area contributed by atoms with Crippen molar-refractivity contribution in [3.8, 4) is 10.7 Å². The van der Waals surface area contributed by atoms with Gasteiger partial charge in [0.15, 0.2) is 11.5 Å². The molecule has 1 aliphatic heterocycles. The van der Waals surface area contributed by atoms with Gasteiger partial charge in [-0.2, -0.15) is 0 Å². The van der Waals surface area contributed by atoms with Gasteiger partial charge in [-0.1, -0.05) is 6.07 Å². The van der Waals surface area contributed by atoms with Crippen molar-refractivity contribution in [2.24, 2.45) is 0 Å². The maximum Gasteiger partial charge on any atom is 0.354 e. The number of carboxylic acid groups (broad SMARTS) is 1. The van der Waals surface area contributed by atoms with E-state index in [2.05, 4.69) is 26.8 Å². The fourth-order valence-electron chi connectivity index (χ4n) is 2.26. The highest BCUT2D eigenvalue weighted by Gasteiger charge is 2.19. The summed E-state index contributed by atoms with van der Waals surface area (Å²) < 4.78 is 0. The minimum absolute atomic E-state index is 0.0438. The van der Waals surface area contributed by atoms with Crippen molar-refractivity contribution in [2.75, 3.05) is 38.1 Å². The van der Waals surface area contributed by atoms with Crippen LogP contribution in [0.25, 0.3) is 10.7 Å². The van der Waals surface area contributed by atoms with E-state index in [0.717, 1.165) is 31.1 Å². The Balaban J connectivity index is 1.98. The van der Waals surface area contributed by atoms with Crippen LogP contribution in [0.1, 0.15) is 10.5 Å². The van der Waals surface area contributed by atoms with Crippen molar-refractivity contribution in [1.82, 2.24) is 14.9 Å². The molecule has 1 aliphatic rings. The Bertz CT molecular complexity index is 636. The van der Waals surface area contributed by atoms with E-state index < -0.39 is 5.97 Å². The van der Waals surface area contributed by atoms with Crippen LogP contribution in [-0.2, 0) is 0 Å². The van der Waals surface area contributed by atoms with Gasteiger partial charge >= 0.3 is 5.97 Å². The van der Waals surface area contributed by atoms with E-state index in [0.29, 0.717) is 11.6 Å². The van der Waals surface area contributed by atoms with E-state index in [1.165, 1.54) is 11.3 Å². The van der Waals surface area contributed by atoms with Gasteiger partial charge in [0.05, 0.1) is 4.88 Å². The number of anilines is 1. The molecule has 0 radical (unpaired) electrons. The van der Waals surface area contributed by atoms with Gasteiger partial charge in [-0.25, -0.2) is 14.8 Å². The van der Waals surface area contributed by atoms with Gasteiger partial charge < -0.3 is 14.9 Å². The quantitative estimate of drug-likeness (QED) is 0.930. The number of carboxylic acids is 1. The first-order chi connectivity index (χ1) is 10.1. The average Bonchev–Trinajstić information content (AvgIpc) is 3.02. The Labute approximate surface area is 126 Å². The van der Waals surface area contributed by atoms with E-state index in [1.54, 1.807) is 6.07 Å². The summed E-state index contributed by atoms with van der Waals surface area (Å²) in [6, 6.07) is 5.37. The zero-order valence-corrected chi connectivity index (χ0v) is 12.5. The molecule has 0 saturated carbocycles. The van der Waals surface area contributed by atoms with Crippen LogP contribution >= 0.6 is 11.3 Å². The third-order valence-electron chi connectivity index (χ3n) is 3.50. The molecule has 0 bridgehead atoms. The molecule has 1 saturated heterocycles. The smallest absolute Gasteiger partial charge is 0.354 e. The van der Waals surface area contributed by atoms with Crippen molar-refractivity contribution in [3.05, 3.63) is 29.3 Å². The monoisotopic (exact) mass is 304 g/mol. The lowest BCUT2D eigenvalue weighted by Crippen LogP contribution is -2.45. The molecule has 2 aromatic heterocycles. The Kier molecular flexibility index (Phi) is 3.85. The number of aromatic carboxylic acids is 1. The average molecular weight is 304 g/mol. The largest absolute Gasteiger partial charge is 0.477 e. The highest BCUT2D eigenvalue weighted by molar-refractivity contribution is 7.13. The van der Waals surface area contributed by atoms with Gasteiger partial charge in [-0.15, -0.1) is 11.3 Å². The van der Waals surface area contributed by atoms with Crippen molar-refractivity contribution < 1.29 is 9.90 Å². The first-order valence-electron chi connectivity index (χ1n) is 6.73. The molecule has 0 aromatic carbocycles. The number of nitrogens with zero attached hydrogens (tertiary/aromatic N) is 4. The topological polar surface area (TPSA) is 69.6 Å². The third-order valence-corrected chi connectivity index (χ3v) is 4.37. The van der Waals surface area contributed by atoms with E-state index in [9.17, 15) is 9.90 Å². The van der Waals surface area contributed by atoms with Crippen molar-refractivity contribution in [3.63, 3.8) is 0 Å². The Morgan fingerprint density at radius 3 is 2.67 bits per heavy atom. The number of hydrogen-bond acceptors (Lipinski definition) is 6. The minimum Gasteiger partial charge on any atom is -0.477 e. The molecule has 0 amide bonds. The molecule has 2 aromatic rings. The first-order valence-corrected chi connectivity index (χ1v) is 7.61. The van der Waals surface area contributed by atoms with Crippen molar-refractivity contribution in [1.29, 1.82) is 0 Å². The SMILES string of the molecule is CN1CCN(c2cc(C(=O)O)nc(-c3cccs3)n2)CC1. The molecule has 1 fully saturated rings. The second-order valence-electron chi connectivity index (χ2n) is 5.01. The lowest BCUT2D eigenvalue weighted by atomic mass is 10.3. The number of likely N-dealkylation sites (N-methyl/N-ethyl adjacent to an activating group) is 1. The molecule has 0 atom stereocenters. The van der Waals surface area contributed by atoms with E-state index in [1.807, 2.05) is 17.5 Å². The third kappa shape index (κ3) is 3.03. The molecule has 7 heteroatoms. The minimum atomic E-state index is -1.02. The molecule has 0 aliphatic carbocycles. The molecular weight excluding hydrogens is 288 g/mol. The normalized spacial score (nSPS) is 16.1.